The van der Waals surface area contributed by atoms with Crippen LogP contribution in [0.3, 0.4) is 0 Å². The molecule has 8 nitrogen and oxygen atoms in total. The number of nitrogens with zero attached hydrogens (tertiary/aromatic N) is 2. The Morgan fingerprint density at radius 2 is 1.86 bits per heavy atom. The molecule has 1 heterocycles. The van der Waals surface area contributed by atoms with Crippen LogP contribution in [0.1, 0.15) is 24.1 Å². The Balaban J connectivity index is 2.01. The molecule has 28 heavy (non-hydrogen) atoms. The first-order valence-corrected chi connectivity index (χ1v) is 10.4. The predicted molar refractivity (Wildman–Crippen MR) is 106 cm³/mol. The highest BCUT2D eigenvalue weighted by Gasteiger charge is 2.30. The van der Waals surface area contributed by atoms with Gasteiger partial charge in [0.25, 0.3) is 5.69 Å². The summed E-state index contributed by atoms with van der Waals surface area (Å²) < 4.78 is 32.9. The minimum atomic E-state index is -3.90. The quantitative estimate of drug-likeness (QED) is 0.585. The highest BCUT2D eigenvalue weighted by Crippen LogP contribution is 2.32. The van der Waals surface area contributed by atoms with Crippen molar-refractivity contribution in [3.05, 3.63) is 63.7 Å². The first kappa shape index (κ1) is 20.2. The average Bonchev–Trinajstić information content (AvgIpc) is 2.69. The summed E-state index contributed by atoms with van der Waals surface area (Å²) in [6.07, 6.45) is 0. The second kappa shape index (κ2) is 8.26. The molecule has 0 aliphatic carbocycles. The maximum Gasteiger partial charge on any atom is 0.270 e. The zero-order valence-electron chi connectivity index (χ0n) is 15.8. The fraction of sp³-hybridized carbons (Fsp3) is 0.368. The molecule has 0 saturated carbocycles. The molecule has 0 spiro atoms. The molecule has 1 aliphatic heterocycles. The van der Waals surface area contributed by atoms with Crippen LogP contribution in [0.25, 0.3) is 0 Å². The molecule has 0 radical (unpaired) electrons. The molecule has 1 saturated heterocycles. The van der Waals surface area contributed by atoms with Gasteiger partial charge in [-0.3, -0.25) is 10.1 Å². The van der Waals surface area contributed by atoms with Gasteiger partial charge in [-0.25, -0.2) is 8.42 Å². The number of nitro groups is 1. The third-order valence-corrected chi connectivity index (χ3v) is 6.73. The zero-order chi connectivity index (χ0) is 20.3. The van der Waals surface area contributed by atoms with Crippen molar-refractivity contribution in [2.24, 2.45) is 0 Å². The SMILES string of the molecule is Cc1ccccc1C(C)Nc1ccc([N+](=O)[O-])cc1S(=O)(=O)N1CCOCC1. The van der Waals surface area contributed by atoms with Crippen molar-refractivity contribution >= 4 is 21.4 Å². The molecule has 2 aromatic carbocycles. The topological polar surface area (TPSA) is 102 Å². The van der Waals surface area contributed by atoms with E-state index < -0.39 is 14.9 Å². The summed E-state index contributed by atoms with van der Waals surface area (Å²) in [4.78, 5) is 10.5. The van der Waals surface area contributed by atoms with Crippen molar-refractivity contribution in [1.29, 1.82) is 0 Å². The molecule has 150 valence electrons. The Morgan fingerprint density at radius 1 is 1.18 bits per heavy atom. The number of hydrogen-bond donors (Lipinski definition) is 1. The third kappa shape index (κ3) is 4.16. The van der Waals surface area contributed by atoms with E-state index in [-0.39, 0.29) is 29.7 Å². The number of morpholine rings is 1. The fourth-order valence-electron chi connectivity index (χ4n) is 3.27. The van der Waals surface area contributed by atoms with Crippen LogP contribution in [-0.4, -0.2) is 43.9 Å². The number of non-ortho nitro benzene ring substituents is 1. The Bertz CT molecular complexity index is 971. The van der Waals surface area contributed by atoms with Gasteiger partial charge >= 0.3 is 0 Å². The molecule has 1 unspecified atom stereocenters. The molecule has 9 heteroatoms. The van der Waals surface area contributed by atoms with Crippen molar-refractivity contribution in [2.45, 2.75) is 24.8 Å². The van der Waals surface area contributed by atoms with Crippen molar-refractivity contribution in [1.82, 2.24) is 4.31 Å². The molecular formula is C19H23N3O5S. The van der Waals surface area contributed by atoms with Crippen LogP contribution in [-0.2, 0) is 14.8 Å². The van der Waals surface area contributed by atoms with E-state index in [0.29, 0.717) is 18.9 Å². The molecular weight excluding hydrogens is 382 g/mol. The number of nitro benzene ring substituents is 1. The normalized spacial score (nSPS) is 16.5. The van der Waals surface area contributed by atoms with Crippen LogP contribution in [0, 0.1) is 17.0 Å². The standard InChI is InChI=1S/C19H23N3O5S/c1-14-5-3-4-6-17(14)15(2)20-18-8-7-16(22(23)24)13-19(18)28(25,26)21-9-11-27-12-10-21/h3-8,13,15,20H,9-12H2,1-2H3. The van der Waals surface area contributed by atoms with Gasteiger partial charge in [-0.05, 0) is 31.0 Å². The lowest BCUT2D eigenvalue weighted by Crippen LogP contribution is -2.40. The van der Waals surface area contributed by atoms with Crippen molar-refractivity contribution < 1.29 is 18.1 Å². The summed E-state index contributed by atoms with van der Waals surface area (Å²) in [5.41, 5.74) is 2.17. The molecule has 1 atom stereocenters. The average molecular weight is 405 g/mol. The lowest BCUT2D eigenvalue weighted by molar-refractivity contribution is -0.385. The van der Waals surface area contributed by atoms with Crippen LogP contribution in [0.15, 0.2) is 47.4 Å². The van der Waals surface area contributed by atoms with E-state index in [1.807, 2.05) is 38.1 Å². The maximum absolute atomic E-state index is 13.2. The first-order chi connectivity index (χ1) is 13.3. The molecule has 1 fully saturated rings. The Hall–Kier alpha value is -2.49. The van der Waals surface area contributed by atoms with Gasteiger partial charge in [0.2, 0.25) is 10.0 Å². The molecule has 1 aliphatic rings. The second-order valence-electron chi connectivity index (χ2n) is 6.68. The van der Waals surface area contributed by atoms with E-state index in [2.05, 4.69) is 5.32 Å². The molecule has 1 N–H and O–H groups in total. The summed E-state index contributed by atoms with van der Waals surface area (Å²) in [6.45, 7) is 4.95. The second-order valence-corrected chi connectivity index (χ2v) is 8.58. The minimum Gasteiger partial charge on any atom is -0.379 e. The summed E-state index contributed by atoms with van der Waals surface area (Å²) in [5.74, 6) is 0. The molecule has 0 aromatic heterocycles. The highest BCUT2D eigenvalue weighted by molar-refractivity contribution is 7.89. The first-order valence-electron chi connectivity index (χ1n) is 8.99. The fourth-order valence-corrected chi connectivity index (χ4v) is 4.85. The van der Waals surface area contributed by atoms with E-state index in [1.54, 1.807) is 0 Å². The number of hydrogen-bond acceptors (Lipinski definition) is 6. The van der Waals surface area contributed by atoms with Crippen molar-refractivity contribution in [3.63, 3.8) is 0 Å². The summed E-state index contributed by atoms with van der Waals surface area (Å²) in [6, 6.07) is 11.5. The van der Waals surface area contributed by atoms with E-state index in [1.165, 1.54) is 16.4 Å². The number of aryl methyl sites for hydroxylation is 1. The lowest BCUT2D eigenvalue weighted by Gasteiger charge is -2.27. The van der Waals surface area contributed by atoms with Crippen LogP contribution in [0.2, 0.25) is 0 Å². The lowest BCUT2D eigenvalue weighted by atomic mass is 10.0. The smallest absolute Gasteiger partial charge is 0.270 e. The van der Waals surface area contributed by atoms with E-state index >= 15 is 0 Å². The zero-order valence-corrected chi connectivity index (χ0v) is 16.6. The van der Waals surface area contributed by atoms with Crippen LogP contribution in [0.5, 0.6) is 0 Å². The van der Waals surface area contributed by atoms with Crippen LogP contribution < -0.4 is 5.32 Å². The molecule has 2 aromatic rings. The number of benzene rings is 2. The van der Waals surface area contributed by atoms with Gasteiger partial charge in [-0.1, -0.05) is 24.3 Å². The number of anilines is 1. The monoisotopic (exact) mass is 405 g/mol. The molecule has 0 bridgehead atoms. The van der Waals surface area contributed by atoms with Gasteiger partial charge in [0, 0.05) is 31.3 Å². The van der Waals surface area contributed by atoms with Gasteiger partial charge in [0.15, 0.2) is 0 Å². The number of rotatable bonds is 6. The Kier molecular flexibility index (Phi) is 5.97. The predicted octanol–water partition coefficient (Wildman–Crippen LogP) is 3.10. The van der Waals surface area contributed by atoms with E-state index in [4.69, 9.17) is 4.74 Å². The van der Waals surface area contributed by atoms with Crippen LogP contribution >= 0.6 is 0 Å². The van der Waals surface area contributed by atoms with Gasteiger partial charge in [-0.15, -0.1) is 0 Å². The summed E-state index contributed by atoms with van der Waals surface area (Å²) in [5, 5.41) is 14.4. The Labute approximate surface area is 164 Å². The Morgan fingerprint density at radius 3 is 2.50 bits per heavy atom. The number of ether oxygens (including phenoxy) is 1. The van der Waals surface area contributed by atoms with Crippen LogP contribution in [0.4, 0.5) is 11.4 Å². The third-order valence-electron chi connectivity index (χ3n) is 4.79. The minimum absolute atomic E-state index is 0.0935. The van der Waals surface area contributed by atoms with Crippen molar-refractivity contribution in [3.8, 4) is 0 Å². The number of sulfonamides is 1. The maximum atomic E-state index is 13.2. The highest BCUT2D eigenvalue weighted by atomic mass is 32.2. The van der Waals surface area contributed by atoms with Gasteiger partial charge in [0.1, 0.15) is 4.90 Å². The van der Waals surface area contributed by atoms with Gasteiger partial charge in [-0.2, -0.15) is 4.31 Å². The number of nitrogens with one attached hydrogen (secondary N) is 1. The molecule has 3 rings (SSSR count). The summed E-state index contributed by atoms with van der Waals surface area (Å²) in [7, 11) is -3.90. The molecule has 0 amide bonds. The largest absolute Gasteiger partial charge is 0.379 e. The van der Waals surface area contributed by atoms with Crippen molar-refractivity contribution in [2.75, 3.05) is 31.6 Å². The van der Waals surface area contributed by atoms with E-state index in [0.717, 1.165) is 17.2 Å². The van der Waals surface area contributed by atoms with Gasteiger partial charge in [0.05, 0.1) is 23.8 Å². The van der Waals surface area contributed by atoms with E-state index in [9.17, 15) is 18.5 Å². The summed E-state index contributed by atoms with van der Waals surface area (Å²) >= 11 is 0. The van der Waals surface area contributed by atoms with Gasteiger partial charge < -0.3 is 10.1 Å².